The number of amides is 1. The molecule has 8 heteroatoms. The van der Waals surface area contributed by atoms with Crippen LogP contribution in [0.4, 0.5) is 0 Å². The summed E-state index contributed by atoms with van der Waals surface area (Å²) in [6, 6.07) is 4.50. The van der Waals surface area contributed by atoms with Gasteiger partial charge in [-0.2, -0.15) is 0 Å². The van der Waals surface area contributed by atoms with Crippen molar-refractivity contribution in [3.8, 4) is 0 Å². The third-order valence-electron chi connectivity index (χ3n) is 4.50. The predicted octanol–water partition coefficient (Wildman–Crippen LogP) is 2.94. The normalized spacial score (nSPS) is 21.7. The minimum absolute atomic E-state index is 0.0110. The van der Waals surface area contributed by atoms with Gasteiger partial charge >= 0.3 is 0 Å². The zero-order valence-corrected chi connectivity index (χ0v) is 16.5. The summed E-state index contributed by atoms with van der Waals surface area (Å²) in [5.74, 6) is 0.158. The highest BCUT2D eigenvalue weighted by atomic mass is 79.9. The molecule has 1 fully saturated rings. The Kier molecular flexibility index (Phi) is 6.41. The first kappa shape index (κ1) is 19.4. The van der Waals surface area contributed by atoms with Crippen molar-refractivity contribution in [2.24, 2.45) is 5.92 Å². The van der Waals surface area contributed by atoms with Crippen molar-refractivity contribution in [3.63, 3.8) is 0 Å². The van der Waals surface area contributed by atoms with Crippen LogP contribution in [-0.2, 0) is 14.9 Å². The van der Waals surface area contributed by atoms with E-state index in [0.29, 0.717) is 16.0 Å². The summed E-state index contributed by atoms with van der Waals surface area (Å²) in [5, 5.41) is 3.04. The first-order valence-corrected chi connectivity index (χ1v) is 10.1. The van der Waals surface area contributed by atoms with Crippen LogP contribution in [0.25, 0.3) is 0 Å². The Hall–Kier alpha value is -0.960. The van der Waals surface area contributed by atoms with Crippen molar-refractivity contribution < 1.29 is 18.0 Å². The van der Waals surface area contributed by atoms with Gasteiger partial charge in [-0.15, -0.1) is 0 Å². The molecule has 134 valence electrons. The summed E-state index contributed by atoms with van der Waals surface area (Å²) >= 11 is 3.33. The van der Waals surface area contributed by atoms with Gasteiger partial charge in [-0.3, -0.25) is 9.63 Å². The molecule has 0 spiro atoms. The minimum Gasteiger partial charge on any atom is -0.349 e. The van der Waals surface area contributed by atoms with Crippen LogP contribution in [0.3, 0.4) is 0 Å². The Balaban J connectivity index is 2.26. The van der Waals surface area contributed by atoms with Gasteiger partial charge in [0, 0.05) is 17.6 Å². The van der Waals surface area contributed by atoms with Gasteiger partial charge in [-0.05, 0) is 52.9 Å². The van der Waals surface area contributed by atoms with Gasteiger partial charge in [-0.1, -0.05) is 24.2 Å². The third kappa shape index (κ3) is 4.17. The second-order valence-electron chi connectivity index (χ2n) is 6.08. The number of carbonyl (C=O) groups excluding carboxylic acids is 1. The van der Waals surface area contributed by atoms with Gasteiger partial charge in [0.05, 0.1) is 17.6 Å². The fraction of sp³-hybridized carbons (Fsp3) is 0.562. The van der Waals surface area contributed by atoms with Gasteiger partial charge in [0.25, 0.3) is 15.9 Å². The molecule has 0 bridgehead atoms. The SMILES string of the molecule is CON(C)S(=O)(=O)c1ccc(Br)c(C(=O)N[C@@H]2CCCC[C@@H]2C)c1. The summed E-state index contributed by atoms with van der Waals surface area (Å²) in [4.78, 5) is 17.4. The molecule has 1 aromatic rings. The number of nitrogens with zero attached hydrogens (tertiary/aromatic N) is 1. The van der Waals surface area contributed by atoms with Crippen LogP contribution in [0.1, 0.15) is 43.0 Å². The number of carbonyl (C=O) groups is 1. The monoisotopic (exact) mass is 418 g/mol. The Labute approximate surface area is 151 Å². The van der Waals surface area contributed by atoms with Crippen LogP contribution >= 0.6 is 15.9 Å². The number of hydrogen-bond acceptors (Lipinski definition) is 4. The predicted molar refractivity (Wildman–Crippen MR) is 95.0 cm³/mol. The van der Waals surface area contributed by atoms with Crippen LogP contribution in [0.15, 0.2) is 27.6 Å². The van der Waals surface area contributed by atoms with Crippen LogP contribution in [0.5, 0.6) is 0 Å². The largest absolute Gasteiger partial charge is 0.349 e. The lowest BCUT2D eigenvalue weighted by molar-refractivity contribution is -0.0258. The van der Waals surface area contributed by atoms with E-state index in [0.717, 1.165) is 23.7 Å². The van der Waals surface area contributed by atoms with E-state index in [9.17, 15) is 13.2 Å². The van der Waals surface area contributed by atoms with Crippen LogP contribution in [-0.4, -0.2) is 39.0 Å². The van der Waals surface area contributed by atoms with Gasteiger partial charge in [-0.25, -0.2) is 8.42 Å². The molecule has 1 aromatic carbocycles. The number of nitrogens with one attached hydrogen (secondary N) is 1. The average molecular weight is 419 g/mol. The Morgan fingerprint density at radius 2 is 2.00 bits per heavy atom. The number of halogens is 1. The maximum Gasteiger partial charge on any atom is 0.264 e. The third-order valence-corrected chi connectivity index (χ3v) is 6.87. The second kappa shape index (κ2) is 7.95. The van der Waals surface area contributed by atoms with E-state index in [-0.39, 0.29) is 16.8 Å². The molecule has 1 saturated carbocycles. The molecule has 6 nitrogen and oxygen atoms in total. The molecule has 24 heavy (non-hydrogen) atoms. The highest BCUT2D eigenvalue weighted by molar-refractivity contribution is 9.10. The van der Waals surface area contributed by atoms with Crippen LogP contribution in [0.2, 0.25) is 0 Å². The van der Waals surface area contributed by atoms with E-state index in [4.69, 9.17) is 4.84 Å². The molecule has 0 aromatic heterocycles. The summed E-state index contributed by atoms with van der Waals surface area (Å²) in [7, 11) is -1.22. The van der Waals surface area contributed by atoms with Gasteiger partial charge in [0.2, 0.25) is 0 Å². The molecule has 0 aliphatic heterocycles. The molecule has 2 atom stereocenters. The van der Waals surface area contributed by atoms with Crippen LogP contribution < -0.4 is 5.32 Å². The lowest BCUT2D eigenvalue weighted by Gasteiger charge is -2.29. The lowest BCUT2D eigenvalue weighted by atomic mass is 9.86. The molecule has 1 aliphatic carbocycles. The molecule has 1 N–H and O–H groups in total. The van der Waals surface area contributed by atoms with Crippen molar-refractivity contribution in [1.29, 1.82) is 0 Å². The van der Waals surface area contributed by atoms with Crippen molar-refractivity contribution >= 4 is 31.9 Å². The molecule has 1 aliphatic rings. The summed E-state index contributed by atoms with van der Waals surface area (Å²) in [6.07, 6.45) is 4.34. The van der Waals surface area contributed by atoms with E-state index in [1.165, 1.54) is 32.7 Å². The second-order valence-corrected chi connectivity index (χ2v) is 8.87. The molecule has 0 radical (unpaired) electrons. The summed E-state index contributed by atoms with van der Waals surface area (Å²) < 4.78 is 26.0. The maximum absolute atomic E-state index is 12.6. The Morgan fingerprint density at radius 3 is 2.62 bits per heavy atom. The first-order chi connectivity index (χ1) is 11.3. The van der Waals surface area contributed by atoms with E-state index < -0.39 is 10.0 Å². The van der Waals surface area contributed by atoms with Crippen molar-refractivity contribution in [1.82, 2.24) is 9.79 Å². The highest BCUT2D eigenvalue weighted by Crippen LogP contribution is 2.26. The minimum atomic E-state index is -3.80. The molecular formula is C16H23BrN2O4S. The lowest BCUT2D eigenvalue weighted by Crippen LogP contribution is -2.41. The van der Waals surface area contributed by atoms with E-state index in [1.54, 1.807) is 6.07 Å². The number of sulfonamides is 1. The average Bonchev–Trinajstić information content (AvgIpc) is 2.56. The number of hydrogen-bond donors (Lipinski definition) is 1. The van der Waals surface area contributed by atoms with Crippen molar-refractivity contribution in [2.75, 3.05) is 14.2 Å². The summed E-state index contributed by atoms with van der Waals surface area (Å²) in [5.41, 5.74) is 0.304. The summed E-state index contributed by atoms with van der Waals surface area (Å²) in [6.45, 7) is 2.13. The highest BCUT2D eigenvalue weighted by Gasteiger charge is 2.26. The van der Waals surface area contributed by atoms with E-state index in [1.807, 2.05) is 0 Å². The molecule has 0 saturated heterocycles. The quantitative estimate of drug-likeness (QED) is 0.745. The first-order valence-electron chi connectivity index (χ1n) is 7.91. The fourth-order valence-electron chi connectivity index (χ4n) is 2.86. The zero-order chi connectivity index (χ0) is 17.9. The number of hydroxylamine groups is 1. The molecule has 0 unspecified atom stereocenters. The topological polar surface area (TPSA) is 75.7 Å². The van der Waals surface area contributed by atoms with Crippen molar-refractivity contribution in [3.05, 3.63) is 28.2 Å². The standard InChI is InChI=1S/C16H23BrN2O4S/c1-11-6-4-5-7-15(11)18-16(20)13-10-12(8-9-14(13)17)24(21,22)19(2)23-3/h8-11,15H,4-7H2,1-3H3,(H,18,20)/t11-,15+/m0/s1. The molecular weight excluding hydrogens is 396 g/mol. The Bertz CT molecular complexity index is 708. The molecule has 1 amide bonds. The van der Waals surface area contributed by atoms with E-state index in [2.05, 4.69) is 28.2 Å². The Morgan fingerprint density at radius 1 is 1.33 bits per heavy atom. The van der Waals surface area contributed by atoms with Gasteiger partial charge in [0.1, 0.15) is 0 Å². The van der Waals surface area contributed by atoms with Crippen LogP contribution in [0, 0.1) is 5.92 Å². The smallest absolute Gasteiger partial charge is 0.264 e. The number of benzene rings is 1. The van der Waals surface area contributed by atoms with Gasteiger partial charge in [0.15, 0.2) is 0 Å². The zero-order valence-electron chi connectivity index (χ0n) is 14.1. The number of rotatable bonds is 5. The van der Waals surface area contributed by atoms with Crippen molar-refractivity contribution in [2.45, 2.75) is 43.5 Å². The van der Waals surface area contributed by atoms with E-state index >= 15 is 0 Å². The van der Waals surface area contributed by atoms with Gasteiger partial charge < -0.3 is 5.32 Å². The maximum atomic E-state index is 12.6. The fourth-order valence-corrected chi connectivity index (χ4v) is 4.29. The molecule has 0 heterocycles. The molecule has 2 rings (SSSR count).